The van der Waals surface area contributed by atoms with Crippen molar-refractivity contribution in [2.45, 2.75) is 13.3 Å². The van der Waals surface area contributed by atoms with Gasteiger partial charge in [-0.15, -0.1) is 0 Å². The van der Waals surface area contributed by atoms with Gasteiger partial charge in [-0.05, 0) is 18.7 Å². The minimum atomic E-state index is -4.23. The van der Waals surface area contributed by atoms with E-state index in [-0.39, 0.29) is 72.3 Å². The fraction of sp³-hybridized carbons (Fsp3) is 0.312. The summed E-state index contributed by atoms with van der Waals surface area (Å²) in [6.07, 6.45) is 1.93. The molecule has 0 radical (unpaired) electrons. The molecule has 242 valence electrons. The molecule has 0 heterocycles. The number of hydrogen-bond acceptors (Lipinski definition) is 13. The first kappa shape index (κ1) is 31.4. The minimum Gasteiger partial charge on any atom is -0.507 e. The van der Waals surface area contributed by atoms with E-state index < -0.39 is 32.6 Å². The number of benzene rings is 5. The zero-order chi connectivity index (χ0) is 33.1. The maximum atomic E-state index is 14.3. The molecule has 0 saturated carbocycles. The molecule has 0 amide bonds. The van der Waals surface area contributed by atoms with Gasteiger partial charge in [0.15, 0.2) is 5.75 Å². The van der Waals surface area contributed by atoms with E-state index in [9.17, 15) is 28.2 Å². The van der Waals surface area contributed by atoms with Crippen LogP contribution in [-0.4, -0.2) is 77.4 Å². The number of aliphatic hydroxyl groups is 1. The first-order valence-corrected chi connectivity index (χ1v) is 15.8. The van der Waals surface area contributed by atoms with Crippen LogP contribution in [0.5, 0.6) is 28.7 Å². The molecule has 4 N–H and O–H groups in total. The highest BCUT2D eigenvalue weighted by Crippen LogP contribution is 2.54. The third-order valence-electron chi connectivity index (χ3n) is 8.18. The number of phenols is 2. The molecule has 0 saturated heterocycles. The highest BCUT2D eigenvalue weighted by atomic mass is 32.2. The maximum Gasteiger partial charge on any atom is 0.285 e. The first-order valence-electron chi connectivity index (χ1n) is 14.2. The van der Waals surface area contributed by atoms with Crippen molar-refractivity contribution in [2.75, 3.05) is 59.0 Å². The van der Waals surface area contributed by atoms with Crippen LogP contribution in [0.15, 0.2) is 27.3 Å². The number of methoxy groups -OCH3 is 3. The number of aliphatic hydroxyl groups excluding tert-OH is 1. The smallest absolute Gasteiger partial charge is 0.285 e. The van der Waals surface area contributed by atoms with Crippen molar-refractivity contribution in [2.24, 2.45) is 0 Å². The molecule has 0 fully saturated rings. The second-order valence-electron chi connectivity index (χ2n) is 10.9. The largest absolute Gasteiger partial charge is 0.507 e. The van der Waals surface area contributed by atoms with Crippen molar-refractivity contribution < 1.29 is 46.9 Å². The Balaban J connectivity index is 1.77. The zero-order valence-electron chi connectivity index (χ0n) is 25.4. The van der Waals surface area contributed by atoms with Crippen molar-refractivity contribution in [3.05, 3.63) is 49.3 Å². The Labute approximate surface area is 261 Å². The van der Waals surface area contributed by atoms with Crippen molar-refractivity contribution in [3.8, 4) is 28.7 Å². The van der Waals surface area contributed by atoms with Crippen LogP contribution in [0.4, 0.5) is 5.69 Å². The van der Waals surface area contributed by atoms with Gasteiger partial charge in [0.1, 0.15) is 28.9 Å². The lowest BCUT2D eigenvalue weighted by Gasteiger charge is -2.23. The summed E-state index contributed by atoms with van der Waals surface area (Å²) >= 11 is 0. The molecule has 0 aliphatic heterocycles. The van der Waals surface area contributed by atoms with Gasteiger partial charge >= 0.3 is 0 Å². The zero-order valence-corrected chi connectivity index (χ0v) is 26.2. The number of fused-ring (bicyclic) bond motifs is 1. The fourth-order valence-corrected chi connectivity index (χ4v) is 7.22. The second kappa shape index (κ2) is 11.6. The summed E-state index contributed by atoms with van der Waals surface area (Å²) in [5.41, 5.74) is 0.144. The lowest BCUT2D eigenvalue weighted by atomic mass is 9.83. The Morgan fingerprint density at radius 2 is 1.39 bits per heavy atom. The molecule has 5 aromatic carbocycles. The van der Waals surface area contributed by atoms with Gasteiger partial charge in [0.05, 0.1) is 64.2 Å². The number of rotatable bonds is 12. The molecule has 0 aromatic heterocycles. The molecule has 46 heavy (non-hydrogen) atoms. The van der Waals surface area contributed by atoms with Crippen LogP contribution in [0.1, 0.15) is 18.1 Å². The highest BCUT2D eigenvalue weighted by Gasteiger charge is 2.33. The average Bonchev–Trinajstić information content (AvgIpc) is 3.16. The fourth-order valence-electron chi connectivity index (χ4n) is 6.49. The third kappa shape index (κ3) is 4.67. The van der Waals surface area contributed by atoms with Crippen LogP contribution in [0.25, 0.3) is 49.2 Å². The number of hydrogen-bond donors (Lipinski definition) is 4. The average molecular weight is 654 g/mol. The van der Waals surface area contributed by atoms with Gasteiger partial charge in [0.25, 0.3) is 10.1 Å². The molecule has 1 aliphatic carbocycles. The van der Waals surface area contributed by atoms with Crippen molar-refractivity contribution in [1.82, 2.24) is 0 Å². The minimum absolute atomic E-state index is 0.00154. The van der Waals surface area contributed by atoms with Crippen molar-refractivity contribution in [1.29, 1.82) is 0 Å². The van der Waals surface area contributed by atoms with Gasteiger partial charge < -0.3 is 39.6 Å². The van der Waals surface area contributed by atoms with E-state index in [2.05, 4.69) is 5.32 Å². The topological polar surface area (TPSA) is 187 Å². The lowest BCUT2D eigenvalue weighted by Crippen LogP contribution is -2.23. The van der Waals surface area contributed by atoms with Gasteiger partial charge in [-0.2, -0.15) is 8.42 Å². The SMILES string of the molecule is COc1c2c3c4c(c(NCS(=O)(=O)OCCOCCO)c(=O)c5c(O)cc(OC)c(c6c(OC)cc(O)c(c1=O)c63)c54)C=C(C)C2. The van der Waals surface area contributed by atoms with Gasteiger partial charge in [-0.3, -0.25) is 13.8 Å². The van der Waals surface area contributed by atoms with Crippen LogP contribution < -0.4 is 30.4 Å². The Kier molecular flexibility index (Phi) is 7.92. The molecule has 5 aromatic rings. The van der Waals surface area contributed by atoms with E-state index in [0.717, 1.165) is 0 Å². The summed E-state index contributed by atoms with van der Waals surface area (Å²) in [6, 6.07) is 2.58. The molecule has 6 rings (SSSR count). The predicted molar refractivity (Wildman–Crippen MR) is 173 cm³/mol. The number of anilines is 1. The maximum absolute atomic E-state index is 14.3. The summed E-state index contributed by atoms with van der Waals surface area (Å²) < 4.78 is 52.7. The van der Waals surface area contributed by atoms with Crippen molar-refractivity contribution in [3.63, 3.8) is 0 Å². The van der Waals surface area contributed by atoms with Gasteiger partial charge in [-0.25, -0.2) is 0 Å². The number of ether oxygens (including phenoxy) is 4. The molecule has 0 spiro atoms. The lowest BCUT2D eigenvalue weighted by molar-refractivity contribution is 0.0719. The number of phenolic OH excluding ortho intramolecular Hbond substituents is 2. The van der Waals surface area contributed by atoms with Gasteiger partial charge in [0.2, 0.25) is 10.9 Å². The number of aromatic hydroxyl groups is 2. The van der Waals surface area contributed by atoms with Gasteiger partial charge in [0, 0.05) is 50.2 Å². The molecule has 1 aliphatic rings. The van der Waals surface area contributed by atoms with E-state index in [0.29, 0.717) is 49.0 Å². The summed E-state index contributed by atoms with van der Waals surface area (Å²) in [4.78, 5) is 28.2. The normalized spacial score (nSPS) is 13.2. The Hall–Kier alpha value is -4.63. The Morgan fingerprint density at radius 3 is 1.98 bits per heavy atom. The van der Waals surface area contributed by atoms with Crippen LogP contribution in [0.2, 0.25) is 0 Å². The quantitative estimate of drug-likeness (QED) is 0.0667. The summed E-state index contributed by atoms with van der Waals surface area (Å²) in [5.74, 6) is -1.19. The monoisotopic (exact) mass is 653 g/mol. The van der Waals surface area contributed by atoms with Crippen LogP contribution in [0.3, 0.4) is 0 Å². The van der Waals surface area contributed by atoms with Crippen LogP contribution in [0, 0.1) is 0 Å². The summed E-state index contributed by atoms with van der Waals surface area (Å²) in [5, 5.41) is 36.1. The van der Waals surface area contributed by atoms with E-state index in [4.69, 9.17) is 28.2 Å². The van der Waals surface area contributed by atoms with Gasteiger partial charge in [-0.1, -0.05) is 11.6 Å². The van der Waals surface area contributed by atoms with Crippen LogP contribution in [-0.2, 0) is 25.5 Å². The van der Waals surface area contributed by atoms with E-state index in [1.54, 1.807) is 13.0 Å². The first-order chi connectivity index (χ1) is 22.0. The molecule has 0 bridgehead atoms. The highest BCUT2D eigenvalue weighted by molar-refractivity contribution is 7.86. The molecule has 14 heteroatoms. The summed E-state index contributed by atoms with van der Waals surface area (Å²) in [6.45, 7) is 1.20. The van der Waals surface area contributed by atoms with E-state index in [1.165, 1.54) is 33.5 Å². The summed E-state index contributed by atoms with van der Waals surface area (Å²) in [7, 11) is -0.0777. The standard InChI is InChI=1S/C32H31NO12S/c1-14-9-15-21-22-16(10-14)32(43-4)31(38)24-18(36)12-20(42-3)26(28(22)24)25-19(41-2)11-17(35)23(27(21)25)30(37)29(15)33-13-46(39,40)45-8-7-44-6-5-34/h9,11-12,33-36H,5-8,10,13H2,1-4H3. The number of nitrogens with one attached hydrogen (secondary N) is 1. The molecule has 0 unspecified atom stereocenters. The van der Waals surface area contributed by atoms with Crippen LogP contribution >= 0.6 is 0 Å². The van der Waals surface area contributed by atoms with Crippen molar-refractivity contribution >= 4 is 65.0 Å². The Morgan fingerprint density at radius 1 is 0.783 bits per heavy atom. The molecule has 13 nitrogen and oxygen atoms in total. The van der Waals surface area contributed by atoms with E-state index in [1.807, 2.05) is 0 Å². The predicted octanol–water partition coefficient (Wildman–Crippen LogP) is 3.02. The number of allylic oxidation sites excluding steroid dienone is 1. The second-order valence-corrected chi connectivity index (χ2v) is 12.5. The molecular weight excluding hydrogens is 622 g/mol. The molecular formula is C32H31NO12S. The van der Waals surface area contributed by atoms with E-state index >= 15 is 0 Å². The molecule has 0 atom stereocenters. The Bertz CT molecular complexity index is 2300. The third-order valence-corrected chi connectivity index (χ3v) is 9.21.